The van der Waals surface area contributed by atoms with Crippen LogP contribution in [0.15, 0.2) is 58.5 Å². The van der Waals surface area contributed by atoms with Crippen molar-refractivity contribution in [3.63, 3.8) is 0 Å². The largest absolute Gasteiger partial charge is 0.462 e. The van der Waals surface area contributed by atoms with Crippen molar-refractivity contribution in [3.05, 3.63) is 87.0 Å². The number of carbonyl (C=O) groups excluding carboxylic acids is 1. The fourth-order valence-corrected chi connectivity index (χ4v) is 3.49. The van der Waals surface area contributed by atoms with Crippen LogP contribution in [0.1, 0.15) is 28.4 Å². The molecule has 146 valence electrons. The number of carbonyl (C=O) groups is 1. The summed E-state index contributed by atoms with van der Waals surface area (Å²) in [6.45, 7) is 11.4. The Hall–Kier alpha value is -3.37. The van der Waals surface area contributed by atoms with E-state index in [1.54, 1.807) is 25.1 Å². The van der Waals surface area contributed by atoms with Crippen LogP contribution < -0.4 is 5.56 Å². The highest BCUT2D eigenvalue weighted by Crippen LogP contribution is 2.28. The van der Waals surface area contributed by atoms with E-state index in [-0.39, 0.29) is 11.7 Å². The quantitative estimate of drug-likeness (QED) is 0.277. The van der Waals surface area contributed by atoms with Crippen LogP contribution in [0.2, 0.25) is 0 Å². The van der Waals surface area contributed by atoms with E-state index < -0.39 is 5.56 Å². The third kappa shape index (κ3) is 4.92. The Balaban J connectivity index is 1.86. The lowest BCUT2D eigenvalue weighted by atomic mass is 10.1. The highest BCUT2D eigenvalue weighted by molar-refractivity contribution is 7.98. The highest BCUT2D eigenvalue weighted by atomic mass is 32.2. The predicted octanol–water partition coefficient (Wildman–Crippen LogP) is 4.77. The first kappa shape index (κ1) is 20.4. The number of aryl methyl sites for hydroxylation is 1. The minimum atomic E-state index is -0.464. The van der Waals surface area contributed by atoms with E-state index in [1.807, 2.05) is 37.3 Å². The number of aromatic nitrogens is 2. The second kappa shape index (κ2) is 9.22. The van der Waals surface area contributed by atoms with Crippen molar-refractivity contribution in [2.45, 2.75) is 24.8 Å². The maximum Gasteiger partial charge on any atom is 0.338 e. The molecule has 6 nitrogen and oxygen atoms in total. The summed E-state index contributed by atoms with van der Waals surface area (Å²) >= 11 is 1.33. The van der Waals surface area contributed by atoms with E-state index in [0.717, 1.165) is 16.7 Å². The number of rotatable bonds is 6. The summed E-state index contributed by atoms with van der Waals surface area (Å²) in [6.07, 6.45) is 0. The zero-order valence-electron chi connectivity index (χ0n) is 16.1. The topological polar surface area (TPSA) is 76.4 Å². The Morgan fingerprint density at radius 1 is 1.24 bits per heavy atom. The van der Waals surface area contributed by atoms with Crippen molar-refractivity contribution in [2.24, 2.45) is 0 Å². The smallest absolute Gasteiger partial charge is 0.338 e. The second-order valence-electron chi connectivity index (χ2n) is 6.26. The molecule has 3 aromatic rings. The van der Waals surface area contributed by atoms with E-state index in [9.17, 15) is 9.59 Å². The first-order chi connectivity index (χ1) is 14.0. The van der Waals surface area contributed by atoms with Crippen molar-refractivity contribution in [2.75, 3.05) is 6.61 Å². The lowest BCUT2D eigenvalue weighted by Gasteiger charge is -2.08. The SMILES string of the molecule is [C-]#[N+]c1c(-c2ccc(C)cc2)nc(SCc2cccc(C(=O)OCC)c2)[nH]c1=O. The average molecular weight is 405 g/mol. The Kier molecular flexibility index (Phi) is 6.47. The van der Waals surface area contributed by atoms with Crippen molar-refractivity contribution >= 4 is 23.4 Å². The molecule has 0 saturated heterocycles. The van der Waals surface area contributed by atoms with Crippen molar-refractivity contribution in [1.82, 2.24) is 9.97 Å². The molecule has 0 aliphatic heterocycles. The Morgan fingerprint density at radius 2 is 2.00 bits per heavy atom. The van der Waals surface area contributed by atoms with Gasteiger partial charge in [-0.2, -0.15) is 0 Å². The number of esters is 1. The number of benzene rings is 2. The number of hydrogen-bond acceptors (Lipinski definition) is 5. The summed E-state index contributed by atoms with van der Waals surface area (Å²) < 4.78 is 5.03. The highest BCUT2D eigenvalue weighted by Gasteiger charge is 2.14. The van der Waals surface area contributed by atoms with Gasteiger partial charge < -0.3 is 9.72 Å². The molecule has 29 heavy (non-hydrogen) atoms. The predicted molar refractivity (Wildman–Crippen MR) is 113 cm³/mol. The molecule has 1 heterocycles. The number of ether oxygens (including phenoxy) is 1. The summed E-state index contributed by atoms with van der Waals surface area (Å²) in [5, 5.41) is 0.416. The van der Waals surface area contributed by atoms with E-state index >= 15 is 0 Å². The molecule has 3 rings (SSSR count). The molecule has 1 N–H and O–H groups in total. The summed E-state index contributed by atoms with van der Waals surface area (Å²) in [7, 11) is 0. The van der Waals surface area contributed by atoms with Gasteiger partial charge in [0.25, 0.3) is 11.2 Å². The number of nitrogens with zero attached hydrogens (tertiary/aromatic N) is 2. The molecular weight excluding hydrogens is 386 g/mol. The van der Waals surface area contributed by atoms with Gasteiger partial charge in [0.05, 0.1) is 24.4 Å². The van der Waals surface area contributed by atoms with Crippen molar-refractivity contribution in [3.8, 4) is 11.3 Å². The molecule has 0 bridgehead atoms. The first-order valence-corrected chi connectivity index (χ1v) is 9.98. The average Bonchev–Trinajstić information content (AvgIpc) is 2.73. The van der Waals surface area contributed by atoms with Crippen LogP contribution >= 0.6 is 11.8 Å². The molecule has 1 aromatic heterocycles. The van der Waals surface area contributed by atoms with Gasteiger partial charge in [-0.15, -0.1) is 0 Å². The zero-order chi connectivity index (χ0) is 20.8. The van der Waals surface area contributed by atoms with Crippen LogP contribution in [0.4, 0.5) is 5.69 Å². The van der Waals surface area contributed by atoms with Gasteiger partial charge in [-0.05, 0) is 37.1 Å². The molecule has 0 aliphatic rings. The Labute approximate surface area is 172 Å². The summed E-state index contributed by atoms with van der Waals surface area (Å²) in [6, 6.07) is 14.7. The number of thioether (sulfide) groups is 1. The lowest BCUT2D eigenvalue weighted by molar-refractivity contribution is 0.0526. The molecule has 0 amide bonds. The molecule has 0 saturated carbocycles. The zero-order valence-corrected chi connectivity index (χ0v) is 16.9. The van der Waals surface area contributed by atoms with Crippen LogP contribution in [0.25, 0.3) is 16.1 Å². The van der Waals surface area contributed by atoms with Gasteiger partial charge >= 0.3 is 5.97 Å². The van der Waals surface area contributed by atoms with Crippen LogP contribution in [0, 0.1) is 13.5 Å². The van der Waals surface area contributed by atoms with Crippen LogP contribution in [-0.2, 0) is 10.5 Å². The number of hydrogen-bond donors (Lipinski definition) is 1. The van der Waals surface area contributed by atoms with Crippen LogP contribution in [-0.4, -0.2) is 22.5 Å². The number of aromatic amines is 1. The number of nitrogens with one attached hydrogen (secondary N) is 1. The molecule has 0 atom stereocenters. The van der Waals surface area contributed by atoms with E-state index in [4.69, 9.17) is 11.3 Å². The molecule has 0 unspecified atom stereocenters. The summed E-state index contributed by atoms with van der Waals surface area (Å²) in [4.78, 5) is 34.8. The molecular formula is C22H19N3O3S. The Bertz CT molecular complexity index is 1130. The van der Waals surface area contributed by atoms with Gasteiger partial charge in [-0.25, -0.2) is 14.6 Å². The second-order valence-corrected chi connectivity index (χ2v) is 7.22. The van der Waals surface area contributed by atoms with Gasteiger partial charge in [0.15, 0.2) is 5.16 Å². The van der Waals surface area contributed by atoms with Gasteiger partial charge in [-0.1, -0.05) is 53.7 Å². The molecule has 0 fully saturated rings. The minimum absolute atomic E-state index is 0.0255. The molecule has 0 spiro atoms. The maximum absolute atomic E-state index is 12.4. The molecule has 7 heteroatoms. The fraction of sp³-hybridized carbons (Fsp3) is 0.182. The van der Waals surface area contributed by atoms with Gasteiger partial charge in [0, 0.05) is 5.75 Å². The summed E-state index contributed by atoms with van der Waals surface area (Å²) in [5.41, 5.74) is 3.06. The van der Waals surface area contributed by atoms with Crippen molar-refractivity contribution < 1.29 is 9.53 Å². The molecule has 0 radical (unpaired) electrons. The minimum Gasteiger partial charge on any atom is -0.462 e. The van der Waals surface area contributed by atoms with Gasteiger partial charge in [0.1, 0.15) is 0 Å². The van der Waals surface area contributed by atoms with Crippen LogP contribution in [0.3, 0.4) is 0 Å². The Morgan fingerprint density at radius 3 is 2.69 bits per heavy atom. The van der Waals surface area contributed by atoms with Crippen LogP contribution in [0.5, 0.6) is 0 Å². The standard InChI is InChI=1S/C22H19N3O3S/c1-4-28-21(27)17-7-5-6-15(12-17)13-29-22-24-18(19(23-3)20(26)25-22)16-10-8-14(2)9-11-16/h5-12H,4,13H2,1-2H3,(H,24,25,26). The van der Waals surface area contributed by atoms with E-state index in [1.165, 1.54) is 11.8 Å². The lowest BCUT2D eigenvalue weighted by Crippen LogP contribution is -2.09. The number of H-pyrrole nitrogens is 1. The van der Waals surface area contributed by atoms with Gasteiger partial charge in [0.2, 0.25) is 0 Å². The third-order valence-corrected chi connectivity index (χ3v) is 5.07. The van der Waals surface area contributed by atoms with Gasteiger partial charge in [-0.3, -0.25) is 4.79 Å². The maximum atomic E-state index is 12.4. The fourth-order valence-electron chi connectivity index (χ4n) is 2.69. The van der Waals surface area contributed by atoms with Crippen molar-refractivity contribution in [1.29, 1.82) is 0 Å². The normalized spacial score (nSPS) is 10.4. The van der Waals surface area contributed by atoms with E-state index in [0.29, 0.717) is 28.8 Å². The van der Waals surface area contributed by atoms with E-state index in [2.05, 4.69) is 14.8 Å². The first-order valence-electron chi connectivity index (χ1n) is 8.99. The molecule has 2 aromatic carbocycles. The monoisotopic (exact) mass is 405 g/mol. The third-order valence-electron chi connectivity index (χ3n) is 4.12. The summed E-state index contributed by atoms with van der Waals surface area (Å²) in [5.74, 6) is 0.134. The molecule has 0 aliphatic carbocycles.